The Kier molecular flexibility index (Phi) is 4.05. The van der Waals surface area contributed by atoms with Crippen LogP contribution in [0.2, 0.25) is 5.15 Å². The molecule has 0 N–H and O–H groups in total. The van der Waals surface area contributed by atoms with E-state index < -0.39 is 0 Å². The van der Waals surface area contributed by atoms with Crippen LogP contribution in [0.5, 0.6) is 0 Å². The minimum Gasteiger partial charge on any atom is -0.378 e. The molecule has 15 heavy (non-hydrogen) atoms. The van der Waals surface area contributed by atoms with Crippen LogP contribution in [0.15, 0.2) is 12.1 Å². The third-order valence-corrected chi connectivity index (χ3v) is 3.54. The van der Waals surface area contributed by atoms with E-state index in [0.29, 0.717) is 5.15 Å². The summed E-state index contributed by atoms with van der Waals surface area (Å²) in [4.78, 5) is 6.60. The van der Waals surface area contributed by atoms with Gasteiger partial charge in [-0.05, 0) is 11.6 Å². The molecule has 2 heterocycles. The summed E-state index contributed by atoms with van der Waals surface area (Å²) in [6.45, 7) is 3.33. The lowest BCUT2D eigenvalue weighted by atomic mass is 10.3. The van der Waals surface area contributed by atoms with E-state index in [4.69, 9.17) is 16.3 Å². The molecule has 2 rings (SSSR count). The van der Waals surface area contributed by atoms with E-state index in [9.17, 15) is 0 Å². The van der Waals surface area contributed by atoms with E-state index in [0.717, 1.165) is 42.1 Å². The maximum Gasteiger partial charge on any atom is 0.135 e. The molecule has 0 atom stereocenters. The Labute approximate surface area is 108 Å². The van der Waals surface area contributed by atoms with Crippen molar-refractivity contribution < 1.29 is 4.74 Å². The van der Waals surface area contributed by atoms with Crippen LogP contribution in [0.1, 0.15) is 5.56 Å². The molecule has 5 heteroatoms. The van der Waals surface area contributed by atoms with Crippen LogP contribution in [-0.2, 0) is 9.16 Å². The number of morpholine rings is 1. The summed E-state index contributed by atoms with van der Waals surface area (Å²) in [5, 5.41) is 0.619. The quantitative estimate of drug-likeness (QED) is 0.471. The van der Waals surface area contributed by atoms with Crippen LogP contribution in [0.25, 0.3) is 0 Å². The summed E-state index contributed by atoms with van der Waals surface area (Å²) < 4.78 is 6.19. The van der Waals surface area contributed by atoms with E-state index >= 15 is 0 Å². The van der Waals surface area contributed by atoms with Crippen LogP contribution in [-0.4, -0.2) is 31.3 Å². The molecule has 1 saturated heterocycles. The zero-order valence-electron chi connectivity index (χ0n) is 8.25. The van der Waals surface area contributed by atoms with Crippen molar-refractivity contribution in [3.05, 3.63) is 22.8 Å². The Balaban J connectivity index is 2.17. The van der Waals surface area contributed by atoms with E-state index in [1.165, 1.54) is 0 Å². The Morgan fingerprint density at radius 3 is 2.73 bits per heavy atom. The normalized spacial score (nSPS) is 16.8. The Bertz CT molecular complexity index is 342. The van der Waals surface area contributed by atoms with Crippen LogP contribution >= 0.6 is 34.2 Å². The smallest absolute Gasteiger partial charge is 0.135 e. The number of alkyl halides is 1. The number of hydrogen-bond acceptors (Lipinski definition) is 3. The summed E-state index contributed by atoms with van der Waals surface area (Å²) in [6, 6.07) is 4.08. The second-order valence-corrected chi connectivity index (χ2v) is 4.47. The molecule has 0 amide bonds. The SMILES string of the molecule is Clc1nc(N2CCOCC2)ccc1CI. The first-order valence-corrected chi connectivity index (χ1v) is 6.75. The number of pyridine rings is 1. The van der Waals surface area contributed by atoms with Gasteiger partial charge in [0.15, 0.2) is 0 Å². The highest BCUT2D eigenvalue weighted by Gasteiger charge is 2.13. The van der Waals surface area contributed by atoms with Crippen molar-refractivity contribution in [2.45, 2.75) is 4.43 Å². The monoisotopic (exact) mass is 338 g/mol. The predicted octanol–water partition coefficient (Wildman–Crippen LogP) is 2.51. The van der Waals surface area contributed by atoms with Crippen LogP contribution in [0.4, 0.5) is 5.82 Å². The highest BCUT2D eigenvalue weighted by atomic mass is 127. The number of nitrogens with zero attached hydrogens (tertiary/aromatic N) is 2. The van der Waals surface area contributed by atoms with Gasteiger partial charge in [0.2, 0.25) is 0 Å². The second-order valence-electron chi connectivity index (χ2n) is 3.35. The van der Waals surface area contributed by atoms with E-state index in [1.807, 2.05) is 12.1 Å². The van der Waals surface area contributed by atoms with Crippen molar-refractivity contribution in [2.24, 2.45) is 0 Å². The average Bonchev–Trinajstić information content (AvgIpc) is 2.30. The molecule has 0 unspecified atom stereocenters. The molecule has 1 fully saturated rings. The zero-order chi connectivity index (χ0) is 10.7. The van der Waals surface area contributed by atoms with Crippen LogP contribution < -0.4 is 4.90 Å². The van der Waals surface area contributed by atoms with Crippen LogP contribution in [0, 0.1) is 0 Å². The van der Waals surface area contributed by atoms with E-state index in [-0.39, 0.29) is 0 Å². The topological polar surface area (TPSA) is 25.4 Å². The highest BCUT2D eigenvalue weighted by Crippen LogP contribution is 2.21. The number of halogens is 2. The van der Waals surface area contributed by atoms with Gasteiger partial charge in [-0.3, -0.25) is 0 Å². The van der Waals surface area contributed by atoms with Crippen molar-refractivity contribution >= 4 is 40.0 Å². The van der Waals surface area contributed by atoms with E-state index in [1.54, 1.807) is 0 Å². The molecule has 1 aliphatic heterocycles. The van der Waals surface area contributed by atoms with Gasteiger partial charge >= 0.3 is 0 Å². The van der Waals surface area contributed by atoms with Crippen molar-refractivity contribution in [1.82, 2.24) is 4.98 Å². The van der Waals surface area contributed by atoms with Gasteiger partial charge in [0.05, 0.1) is 13.2 Å². The fourth-order valence-corrected chi connectivity index (χ4v) is 2.58. The van der Waals surface area contributed by atoms with Crippen molar-refractivity contribution in [3.8, 4) is 0 Å². The molecule has 1 aromatic heterocycles. The van der Waals surface area contributed by atoms with Crippen molar-refractivity contribution in [3.63, 3.8) is 0 Å². The first-order valence-electron chi connectivity index (χ1n) is 4.85. The third-order valence-electron chi connectivity index (χ3n) is 2.39. The first-order chi connectivity index (χ1) is 7.31. The molecule has 0 aliphatic carbocycles. The summed E-state index contributed by atoms with van der Waals surface area (Å²) in [5.41, 5.74) is 1.09. The lowest BCUT2D eigenvalue weighted by Crippen LogP contribution is -2.36. The molecule has 0 bridgehead atoms. The third kappa shape index (κ3) is 2.73. The molecule has 0 radical (unpaired) electrons. The van der Waals surface area contributed by atoms with Gasteiger partial charge in [0.1, 0.15) is 11.0 Å². The van der Waals surface area contributed by atoms with Crippen LogP contribution in [0.3, 0.4) is 0 Å². The number of ether oxygens (including phenoxy) is 1. The minimum absolute atomic E-state index is 0.619. The maximum atomic E-state index is 6.07. The molecule has 3 nitrogen and oxygen atoms in total. The minimum atomic E-state index is 0.619. The standard InChI is InChI=1S/C10H12ClIN2O/c11-10-8(7-12)1-2-9(13-10)14-3-5-15-6-4-14/h1-2H,3-7H2. The first kappa shape index (κ1) is 11.4. The number of hydrogen-bond donors (Lipinski definition) is 0. The Morgan fingerprint density at radius 2 is 2.13 bits per heavy atom. The molecule has 1 aromatic rings. The maximum absolute atomic E-state index is 6.07. The Morgan fingerprint density at radius 1 is 1.40 bits per heavy atom. The molecule has 0 saturated carbocycles. The fraction of sp³-hybridized carbons (Fsp3) is 0.500. The molecule has 1 aliphatic rings. The molecular formula is C10H12ClIN2O. The predicted molar refractivity (Wildman–Crippen MR) is 70.0 cm³/mol. The summed E-state index contributed by atoms with van der Waals surface area (Å²) in [7, 11) is 0. The van der Waals surface area contributed by atoms with Gasteiger partial charge in [-0.1, -0.05) is 40.3 Å². The van der Waals surface area contributed by atoms with Gasteiger partial charge < -0.3 is 9.64 Å². The molecule has 0 spiro atoms. The molecular weight excluding hydrogens is 326 g/mol. The lowest BCUT2D eigenvalue weighted by Gasteiger charge is -2.28. The number of aromatic nitrogens is 1. The lowest BCUT2D eigenvalue weighted by molar-refractivity contribution is 0.122. The van der Waals surface area contributed by atoms with Gasteiger partial charge in [-0.25, -0.2) is 4.98 Å². The fourth-order valence-electron chi connectivity index (χ4n) is 1.52. The number of anilines is 1. The number of rotatable bonds is 2. The summed E-state index contributed by atoms with van der Waals surface area (Å²) in [5.74, 6) is 0.955. The summed E-state index contributed by atoms with van der Waals surface area (Å²) in [6.07, 6.45) is 0. The van der Waals surface area contributed by atoms with Gasteiger partial charge in [-0.15, -0.1) is 0 Å². The van der Waals surface area contributed by atoms with Crippen molar-refractivity contribution in [2.75, 3.05) is 31.2 Å². The van der Waals surface area contributed by atoms with E-state index in [2.05, 4.69) is 32.5 Å². The largest absolute Gasteiger partial charge is 0.378 e. The molecule has 82 valence electrons. The van der Waals surface area contributed by atoms with Gasteiger partial charge in [-0.2, -0.15) is 0 Å². The van der Waals surface area contributed by atoms with Gasteiger partial charge in [0, 0.05) is 17.5 Å². The summed E-state index contributed by atoms with van der Waals surface area (Å²) >= 11 is 8.36. The van der Waals surface area contributed by atoms with Crippen molar-refractivity contribution in [1.29, 1.82) is 0 Å². The second kappa shape index (κ2) is 5.32. The van der Waals surface area contributed by atoms with Gasteiger partial charge in [0.25, 0.3) is 0 Å². The Hall–Kier alpha value is -0.0700. The molecule has 0 aromatic carbocycles. The zero-order valence-corrected chi connectivity index (χ0v) is 11.2. The average molecular weight is 339 g/mol. The highest BCUT2D eigenvalue weighted by molar-refractivity contribution is 14.1.